The fraction of sp³-hybridized carbons (Fsp3) is 0.636. The van der Waals surface area contributed by atoms with Crippen LogP contribution in [0.2, 0.25) is 0 Å². The number of esters is 1. The van der Waals surface area contributed by atoms with Gasteiger partial charge in [-0.3, -0.25) is 9.59 Å². The predicted molar refractivity (Wildman–Crippen MR) is 98.2 cm³/mol. The highest BCUT2D eigenvalue weighted by Gasteiger charge is 2.62. The molecule has 0 saturated heterocycles. The van der Waals surface area contributed by atoms with E-state index in [1.165, 1.54) is 18.1 Å². The Hall–Kier alpha value is -1.84. The number of hydrogen-bond acceptors (Lipinski definition) is 4. The molecule has 3 aliphatic rings. The molecule has 0 heterocycles. The highest BCUT2D eigenvalue weighted by Crippen LogP contribution is 2.63. The highest BCUT2D eigenvalue weighted by atomic mass is 16.6. The maximum atomic E-state index is 12.3. The maximum absolute atomic E-state index is 12.3. The van der Waals surface area contributed by atoms with Crippen LogP contribution in [0.15, 0.2) is 18.2 Å². The molecule has 4 atom stereocenters. The molecule has 140 valence electrons. The number of methoxy groups -OCH3 is 1. The third kappa shape index (κ3) is 2.41. The van der Waals surface area contributed by atoms with Crippen LogP contribution in [0.4, 0.5) is 0 Å². The van der Waals surface area contributed by atoms with Crippen molar-refractivity contribution in [1.82, 2.24) is 0 Å². The smallest absolute Gasteiger partial charge is 0.303 e. The molecule has 0 bridgehead atoms. The van der Waals surface area contributed by atoms with Crippen LogP contribution in [-0.2, 0) is 20.7 Å². The molecule has 0 spiro atoms. The van der Waals surface area contributed by atoms with Crippen molar-refractivity contribution < 1.29 is 19.1 Å². The summed E-state index contributed by atoms with van der Waals surface area (Å²) >= 11 is 0. The molecule has 4 rings (SSSR count). The van der Waals surface area contributed by atoms with E-state index in [-0.39, 0.29) is 17.2 Å². The molecule has 2 fully saturated rings. The number of rotatable bonds is 2. The number of carbonyl (C=O) groups is 2. The number of ether oxygens (including phenoxy) is 2. The molecule has 2 saturated carbocycles. The molecule has 0 N–H and O–H groups in total. The van der Waals surface area contributed by atoms with Crippen LogP contribution in [0.3, 0.4) is 0 Å². The molecule has 0 aromatic heterocycles. The second kappa shape index (κ2) is 6.11. The molecule has 1 aromatic rings. The summed E-state index contributed by atoms with van der Waals surface area (Å²) in [5, 5.41) is 0. The van der Waals surface area contributed by atoms with Gasteiger partial charge in [0.2, 0.25) is 0 Å². The van der Waals surface area contributed by atoms with Crippen LogP contribution >= 0.6 is 0 Å². The van der Waals surface area contributed by atoms with E-state index in [1.807, 2.05) is 6.07 Å². The van der Waals surface area contributed by atoms with Crippen LogP contribution in [0, 0.1) is 11.3 Å². The Bertz CT molecular complexity index is 751. The van der Waals surface area contributed by atoms with Crippen molar-refractivity contribution in [3.63, 3.8) is 0 Å². The van der Waals surface area contributed by atoms with Gasteiger partial charge in [-0.15, -0.1) is 0 Å². The van der Waals surface area contributed by atoms with Gasteiger partial charge in [0.1, 0.15) is 17.1 Å². The van der Waals surface area contributed by atoms with Crippen LogP contribution in [0.25, 0.3) is 0 Å². The topological polar surface area (TPSA) is 52.6 Å². The lowest BCUT2D eigenvalue weighted by Gasteiger charge is -2.60. The molecule has 0 aliphatic heterocycles. The monoisotopic (exact) mass is 356 g/mol. The second-order valence-electron chi connectivity index (χ2n) is 8.54. The number of fused-ring (bicyclic) bond motifs is 5. The van der Waals surface area contributed by atoms with Gasteiger partial charge in [-0.05, 0) is 61.1 Å². The molecule has 3 aliphatic carbocycles. The first-order valence-electron chi connectivity index (χ1n) is 9.77. The lowest BCUT2D eigenvalue weighted by atomic mass is 9.47. The summed E-state index contributed by atoms with van der Waals surface area (Å²) in [6.07, 6.45) is 5.59. The van der Waals surface area contributed by atoms with Crippen molar-refractivity contribution in [2.24, 2.45) is 11.3 Å². The van der Waals surface area contributed by atoms with Crippen molar-refractivity contribution in [2.45, 2.75) is 70.3 Å². The van der Waals surface area contributed by atoms with Crippen LogP contribution in [0.5, 0.6) is 5.75 Å². The summed E-state index contributed by atoms with van der Waals surface area (Å²) in [5.41, 5.74) is 1.98. The van der Waals surface area contributed by atoms with Gasteiger partial charge in [0.25, 0.3) is 0 Å². The van der Waals surface area contributed by atoms with Gasteiger partial charge in [-0.2, -0.15) is 0 Å². The van der Waals surface area contributed by atoms with Crippen LogP contribution < -0.4 is 4.74 Å². The molecular weight excluding hydrogens is 328 g/mol. The Morgan fingerprint density at radius 1 is 1.19 bits per heavy atom. The van der Waals surface area contributed by atoms with E-state index in [1.54, 1.807) is 7.11 Å². The molecule has 0 amide bonds. The highest BCUT2D eigenvalue weighted by molar-refractivity contribution is 5.81. The number of Topliss-reactive ketones (excluding diaryl/α,β-unsaturated/α-hetero) is 1. The number of hydrogen-bond donors (Lipinski definition) is 0. The minimum atomic E-state index is -0.619. The minimum absolute atomic E-state index is 0.143. The zero-order valence-electron chi connectivity index (χ0n) is 16.0. The number of carbonyl (C=O) groups excluding carboxylic acids is 2. The van der Waals surface area contributed by atoms with E-state index in [4.69, 9.17) is 9.47 Å². The Labute approximate surface area is 155 Å². The third-order valence-electron chi connectivity index (χ3n) is 7.44. The van der Waals surface area contributed by atoms with E-state index in [0.717, 1.165) is 37.9 Å². The molecule has 1 aromatic carbocycles. The van der Waals surface area contributed by atoms with E-state index in [2.05, 4.69) is 19.1 Å². The Morgan fingerprint density at radius 2 is 2.00 bits per heavy atom. The quantitative estimate of drug-likeness (QED) is 0.746. The van der Waals surface area contributed by atoms with E-state index in [9.17, 15) is 9.59 Å². The first-order valence-corrected chi connectivity index (χ1v) is 9.77. The average Bonchev–Trinajstić information content (AvgIpc) is 2.61. The van der Waals surface area contributed by atoms with Gasteiger partial charge in [0.15, 0.2) is 0 Å². The van der Waals surface area contributed by atoms with Crippen molar-refractivity contribution in [3.05, 3.63) is 29.3 Å². The molecule has 4 heteroatoms. The van der Waals surface area contributed by atoms with Crippen LogP contribution in [-0.4, -0.2) is 24.5 Å². The van der Waals surface area contributed by atoms with E-state index < -0.39 is 5.60 Å². The lowest BCUT2D eigenvalue weighted by Crippen LogP contribution is -2.61. The fourth-order valence-electron chi connectivity index (χ4n) is 6.23. The van der Waals surface area contributed by atoms with Crippen molar-refractivity contribution in [3.8, 4) is 5.75 Å². The van der Waals surface area contributed by atoms with Gasteiger partial charge in [-0.25, -0.2) is 0 Å². The standard InChI is InChI=1S/C22H28O4/c1-14(23)26-22-12-10-17-16-5-4-6-20(25-3)18(16)7-8-19(17)21(22,2)11-9-15(24)13-22/h4-6,17,19H,7-13H2,1-3H3/t17-,19-,21+,22+/m1/s1. The van der Waals surface area contributed by atoms with Gasteiger partial charge < -0.3 is 9.47 Å². The van der Waals surface area contributed by atoms with Gasteiger partial charge in [-0.1, -0.05) is 19.1 Å². The minimum Gasteiger partial charge on any atom is -0.496 e. The lowest BCUT2D eigenvalue weighted by molar-refractivity contribution is -0.206. The summed E-state index contributed by atoms with van der Waals surface area (Å²) in [6, 6.07) is 6.37. The molecule has 26 heavy (non-hydrogen) atoms. The average molecular weight is 356 g/mol. The number of benzene rings is 1. The SMILES string of the molecule is COc1cccc2c1CC[C@@H]1[C@@H]2CC[C@]2(OC(C)=O)CC(=O)CC[C@@]12C. The third-order valence-corrected chi connectivity index (χ3v) is 7.44. The van der Waals surface area contributed by atoms with Crippen LogP contribution in [0.1, 0.15) is 69.4 Å². The van der Waals surface area contributed by atoms with Crippen molar-refractivity contribution in [1.29, 1.82) is 0 Å². The molecule has 0 unspecified atom stereocenters. The molecule has 4 nitrogen and oxygen atoms in total. The normalized spacial score (nSPS) is 35.7. The van der Waals surface area contributed by atoms with E-state index >= 15 is 0 Å². The van der Waals surface area contributed by atoms with Gasteiger partial charge in [0.05, 0.1) is 7.11 Å². The largest absolute Gasteiger partial charge is 0.496 e. The maximum Gasteiger partial charge on any atom is 0.303 e. The Kier molecular flexibility index (Phi) is 4.13. The second-order valence-corrected chi connectivity index (χ2v) is 8.54. The van der Waals surface area contributed by atoms with E-state index in [0.29, 0.717) is 24.7 Å². The predicted octanol–water partition coefficient (Wildman–Crippen LogP) is 4.20. The zero-order chi connectivity index (χ0) is 18.5. The van der Waals surface area contributed by atoms with Crippen molar-refractivity contribution >= 4 is 11.8 Å². The number of ketones is 1. The Balaban J connectivity index is 1.77. The summed E-state index contributed by atoms with van der Waals surface area (Å²) in [7, 11) is 1.74. The Morgan fingerprint density at radius 3 is 2.73 bits per heavy atom. The first kappa shape index (κ1) is 17.6. The first-order chi connectivity index (χ1) is 12.4. The summed E-state index contributed by atoms with van der Waals surface area (Å²) in [4.78, 5) is 24.2. The van der Waals surface area contributed by atoms with Crippen molar-refractivity contribution in [2.75, 3.05) is 7.11 Å². The summed E-state index contributed by atoms with van der Waals surface area (Å²) in [5.74, 6) is 1.85. The summed E-state index contributed by atoms with van der Waals surface area (Å²) < 4.78 is 11.6. The zero-order valence-corrected chi connectivity index (χ0v) is 16.0. The molecule has 0 radical (unpaired) electrons. The summed E-state index contributed by atoms with van der Waals surface area (Å²) in [6.45, 7) is 3.74. The van der Waals surface area contributed by atoms with Gasteiger partial charge >= 0.3 is 5.97 Å². The molecular formula is C22H28O4. The van der Waals surface area contributed by atoms with Gasteiger partial charge in [0, 0.05) is 25.2 Å². The fourth-order valence-corrected chi connectivity index (χ4v) is 6.23.